The van der Waals surface area contributed by atoms with Gasteiger partial charge < -0.3 is 24.4 Å². The predicted octanol–water partition coefficient (Wildman–Crippen LogP) is -1.89. The van der Waals surface area contributed by atoms with E-state index in [2.05, 4.69) is 20.5 Å². The molecule has 4 aromatic rings. The first kappa shape index (κ1) is 36.1. The van der Waals surface area contributed by atoms with Crippen molar-refractivity contribution in [1.29, 1.82) is 0 Å². The van der Waals surface area contributed by atoms with Crippen molar-refractivity contribution >= 4 is 53.2 Å². The zero-order valence-electron chi connectivity index (χ0n) is 23.3. The molecule has 13 nitrogen and oxygen atoms in total. The fourth-order valence-electron chi connectivity index (χ4n) is 4.54. The molecule has 0 saturated heterocycles. The Balaban J connectivity index is 0.00000264. The van der Waals surface area contributed by atoms with Crippen LogP contribution in [0.1, 0.15) is 0 Å². The third kappa shape index (κ3) is 6.89. The minimum Gasteiger partial charge on any atom is -0.744 e. The van der Waals surface area contributed by atoms with Crippen molar-refractivity contribution in [2.75, 3.05) is 6.61 Å². The summed E-state index contributed by atoms with van der Waals surface area (Å²) >= 11 is 0. The van der Waals surface area contributed by atoms with Crippen molar-refractivity contribution in [2.24, 2.45) is 20.5 Å². The first-order valence-electron chi connectivity index (χ1n) is 12.1. The summed E-state index contributed by atoms with van der Waals surface area (Å²) in [6.45, 7) is -0.667. The largest absolute Gasteiger partial charge is 1.00 e. The van der Waals surface area contributed by atoms with E-state index in [0.29, 0.717) is 0 Å². The number of aliphatic hydroxyl groups excluding tert-OH is 3. The Labute approximate surface area is 295 Å². The fourth-order valence-corrected chi connectivity index (χ4v) is 5.90. The van der Waals surface area contributed by atoms with Crippen molar-refractivity contribution in [2.45, 2.75) is 21.6 Å². The molecule has 44 heavy (non-hydrogen) atoms. The number of benzene rings is 4. The summed E-state index contributed by atoms with van der Waals surface area (Å²) in [5.41, 5.74) is -2.29. The summed E-state index contributed by atoms with van der Waals surface area (Å²) in [5.74, 6) is -0.696. The molecule has 1 atom stereocenters. The Morgan fingerprint density at radius 3 is 1.50 bits per heavy atom. The maximum absolute atomic E-state index is 11.8. The van der Waals surface area contributed by atoms with Gasteiger partial charge in [0, 0.05) is 27.1 Å². The van der Waals surface area contributed by atoms with Gasteiger partial charge in [0.05, 0.1) is 27.8 Å². The van der Waals surface area contributed by atoms with E-state index in [-0.39, 0.29) is 97.6 Å². The average Bonchev–Trinajstić information content (AvgIpc) is 2.95. The average molecular weight is 655 g/mol. The summed E-state index contributed by atoms with van der Waals surface area (Å²) in [6, 6.07) is 16.6. The van der Waals surface area contributed by atoms with Crippen LogP contribution in [0.5, 0.6) is 0 Å². The number of rotatable bonds is 7. The third-order valence-electron chi connectivity index (χ3n) is 6.60. The second kappa shape index (κ2) is 13.9. The zero-order chi connectivity index (χ0) is 30.3. The molecule has 0 fully saturated rings. The van der Waals surface area contributed by atoms with Gasteiger partial charge in [-0.1, -0.05) is 60.7 Å². The number of hydrogen-bond acceptors (Lipinski definition) is 13. The summed E-state index contributed by atoms with van der Waals surface area (Å²) in [7, 11) is -9.66. The van der Waals surface area contributed by atoms with Crippen LogP contribution in [0, 0.1) is 0 Å². The number of nitrogens with zero attached hydrogens (tertiary/aromatic N) is 4. The number of hydrogen-bond donors (Lipinski definition) is 3. The Morgan fingerprint density at radius 2 is 1.11 bits per heavy atom. The molecule has 17 heteroatoms. The first-order valence-corrected chi connectivity index (χ1v) is 14.9. The molecule has 0 aromatic heterocycles. The fraction of sp³-hybridized carbons (Fsp3) is 0.111. The molecule has 3 N–H and O–H groups in total. The molecule has 1 aliphatic rings. The number of fused-ring (bicyclic) bond motifs is 2. The maximum Gasteiger partial charge on any atom is 1.00 e. The van der Waals surface area contributed by atoms with E-state index in [0.717, 1.165) is 12.1 Å². The van der Waals surface area contributed by atoms with Crippen LogP contribution < -0.4 is 59.1 Å². The van der Waals surface area contributed by atoms with Crippen LogP contribution >= 0.6 is 0 Å². The normalized spacial score (nSPS) is 19.0. The van der Waals surface area contributed by atoms with Crippen LogP contribution in [-0.4, -0.2) is 59.6 Å². The van der Waals surface area contributed by atoms with Gasteiger partial charge in [-0.3, -0.25) is 0 Å². The van der Waals surface area contributed by atoms with Crippen molar-refractivity contribution in [3.63, 3.8) is 0 Å². The SMILES string of the molecule is O=S(=O)([O-])c1ccc(N=NC2(N=Nc3ccc(S(=O)(=O)[O-])c4ccccc34)C(O)=C(CO)C=CC2O)c2ccccc12.[Na+].[Na+]. The van der Waals surface area contributed by atoms with Gasteiger partial charge in [-0.05, 0) is 24.3 Å². The van der Waals surface area contributed by atoms with Crippen LogP contribution in [0.3, 0.4) is 0 Å². The Morgan fingerprint density at radius 1 is 0.705 bits per heavy atom. The summed E-state index contributed by atoms with van der Waals surface area (Å²) in [4.78, 5) is -0.958. The molecule has 5 rings (SSSR count). The van der Waals surface area contributed by atoms with Crippen molar-refractivity contribution in [3.05, 3.63) is 96.3 Å². The van der Waals surface area contributed by atoms with Gasteiger partial charge in [0.25, 0.3) is 5.66 Å². The summed E-state index contributed by atoms with van der Waals surface area (Å²) in [5, 5.41) is 48.9. The van der Waals surface area contributed by atoms with Gasteiger partial charge >= 0.3 is 59.1 Å². The molecule has 0 spiro atoms. The Hall–Kier alpha value is -2.38. The van der Waals surface area contributed by atoms with Crippen LogP contribution in [0.2, 0.25) is 0 Å². The van der Waals surface area contributed by atoms with E-state index < -0.39 is 54.2 Å². The molecular formula is C27H20N4Na2O9S2. The van der Waals surface area contributed by atoms with Gasteiger partial charge in [-0.2, -0.15) is 10.2 Å². The molecule has 4 aromatic carbocycles. The molecule has 0 aliphatic heterocycles. The molecule has 216 valence electrons. The van der Waals surface area contributed by atoms with E-state index in [4.69, 9.17) is 0 Å². The van der Waals surface area contributed by atoms with E-state index >= 15 is 0 Å². The Kier molecular flexibility index (Phi) is 11.4. The zero-order valence-corrected chi connectivity index (χ0v) is 28.9. The molecule has 1 aliphatic carbocycles. The van der Waals surface area contributed by atoms with Gasteiger partial charge in [0.2, 0.25) is 0 Å². The molecule has 0 amide bonds. The van der Waals surface area contributed by atoms with Gasteiger partial charge in [0.15, 0.2) is 5.76 Å². The predicted molar refractivity (Wildman–Crippen MR) is 147 cm³/mol. The maximum atomic E-state index is 11.8. The van der Waals surface area contributed by atoms with Crippen molar-refractivity contribution in [3.8, 4) is 0 Å². The monoisotopic (exact) mass is 654 g/mol. The molecule has 1 unspecified atom stereocenters. The van der Waals surface area contributed by atoms with Gasteiger partial charge in [-0.25, -0.2) is 16.8 Å². The van der Waals surface area contributed by atoms with Crippen LogP contribution in [0.15, 0.2) is 127 Å². The number of azo groups is 2. The number of aliphatic hydroxyl groups is 3. The third-order valence-corrected chi connectivity index (χ3v) is 8.39. The van der Waals surface area contributed by atoms with Crippen molar-refractivity contribution in [1.82, 2.24) is 0 Å². The van der Waals surface area contributed by atoms with Crippen LogP contribution in [0.4, 0.5) is 11.4 Å². The molecule has 0 heterocycles. The van der Waals surface area contributed by atoms with Gasteiger partial charge in [0.1, 0.15) is 26.3 Å². The topological polar surface area (TPSA) is 225 Å². The van der Waals surface area contributed by atoms with Gasteiger partial charge in [-0.15, -0.1) is 10.2 Å². The smallest absolute Gasteiger partial charge is 0.744 e. The molecular weight excluding hydrogens is 634 g/mol. The summed E-state index contributed by atoms with van der Waals surface area (Å²) in [6.07, 6.45) is 0.788. The van der Waals surface area contributed by atoms with E-state index in [1.807, 2.05) is 0 Å². The second-order valence-corrected chi connectivity index (χ2v) is 11.8. The quantitative estimate of drug-likeness (QED) is 0.115. The van der Waals surface area contributed by atoms with Crippen molar-refractivity contribution < 1.29 is 100 Å². The van der Waals surface area contributed by atoms with E-state index in [1.54, 1.807) is 12.1 Å². The minimum atomic E-state index is -4.83. The molecule has 0 saturated carbocycles. The van der Waals surface area contributed by atoms with E-state index in [1.165, 1.54) is 60.7 Å². The van der Waals surface area contributed by atoms with Crippen LogP contribution in [-0.2, 0) is 20.2 Å². The molecule has 0 bridgehead atoms. The molecule has 0 radical (unpaired) electrons. The first-order chi connectivity index (χ1) is 19.9. The minimum absolute atomic E-state index is 0. The summed E-state index contributed by atoms with van der Waals surface area (Å²) < 4.78 is 70.6. The van der Waals surface area contributed by atoms with E-state index in [9.17, 15) is 41.3 Å². The van der Waals surface area contributed by atoms with Crippen LogP contribution in [0.25, 0.3) is 21.5 Å². The standard InChI is InChI=1S/C27H22N4O9S2.2Na/c32-15-16-9-14-25(33)27(26(16)34,30-28-21-10-12-23(41(35,36)37)19-7-3-1-5-17(19)21)31-29-22-11-13-24(42(38,39)40)20-8-4-2-6-18(20)22;;/h1-14,25,32-34H,15H2,(H,35,36,37)(H,38,39,40);;/q;2*+1/p-2. The Bertz CT molecular complexity index is 1960. The second-order valence-electron chi connectivity index (χ2n) is 9.13.